The van der Waals surface area contributed by atoms with Gasteiger partial charge in [0.05, 0.1) is 0 Å². The summed E-state index contributed by atoms with van der Waals surface area (Å²) in [6.07, 6.45) is 0. The van der Waals surface area contributed by atoms with Crippen LogP contribution < -0.4 is 20.7 Å². The van der Waals surface area contributed by atoms with Gasteiger partial charge in [0.1, 0.15) is 11.6 Å². The molecule has 216 valence electrons. The number of rotatable bonds is 7. The maximum atomic E-state index is 15.1. The molecular formula is C42H30F2Si. The molecule has 0 aliphatic heterocycles. The number of benzene rings is 7. The lowest BCUT2D eigenvalue weighted by Gasteiger charge is -2.35. The van der Waals surface area contributed by atoms with Gasteiger partial charge in [-0.15, -0.1) is 0 Å². The van der Waals surface area contributed by atoms with Crippen molar-refractivity contribution in [1.29, 1.82) is 0 Å². The summed E-state index contributed by atoms with van der Waals surface area (Å²) in [6.45, 7) is 0. The maximum absolute atomic E-state index is 15.1. The first-order chi connectivity index (χ1) is 22.1. The zero-order chi connectivity index (χ0) is 30.6. The average Bonchev–Trinajstić information content (AvgIpc) is 3.10. The fourth-order valence-electron chi connectivity index (χ4n) is 6.39. The Morgan fingerprint density at radius 2 is 0.622 bits per heavy atom. The van der Waals surface area contributed by atoms with Crippen molar-refractivity contribution in [3.8, 4) is 33.4 Å². The van der Waals surface area contributed by atoms with E-state index < -0.39 is 8.07 Å². The highest BCUT2D eigenvalue weighted by Gasteiger charge is 2.41. The molecule has 0 fully saturated rings. The largest absolute Gasteiger partial charge is 0.207 e. The molecule has 3 heteroatoms. The monoisotopic (exact) mass is 600 g/mol. The third-order valence-electron chi connectivity index (χ3n) is 8.58. The van der Waals surface area contributed by atoms with E-state index in [0.29, 0.717) is 0 Å². The summed E-state index contributed by atoms with van der Waals surface area (Å²) in [5.74, 6) is -0.528. The van der Waals surface area contributed by atoms with Crippen LogP contribution in [0.1, 0.15) is 0 Å². The molecule has 45 heavy (non-hydrogen) atoms. The molecule has 0 aliphatic carbocycles. The molecule has 0 atom stereocenters. The van der Waals surface area contributed by atoms with Crippen molar-refractivity contribution in [2.75, 3.05) is 0 Å². The van der Waals surface area contributed by atoms with Gasteiger partial charge in [-0.2, -0.15) is 0 Å². The quantitative estimate of drug-likeness (QED) is 0.127. The van der Waals surface area contributed by atoms with Crippen LogP contribution in [0.3, 0.4) is 0 Å². The summed E-state index contributed by atoms with van der Waals surface area (Å²) >= 11 is 0. The fourth-order valence-corrected chi connectivity index (χ4v) is 11.1. The Labute approximate surface area is 263 Å². The van der Waals surface area contributed by atoms with Crippen molar-refractivity contribution in [1.82, 2.24) is 0 Å². The molecule has 0 unspecified atom stereocenters. The lowest BCUT2D eigenvalue weighted by Crippen LogP contribution is -2.74. The van der Waals surface area contributed by atoms with Crippen LogP contribution in [0.2, 0.25) is 0 Å². The van der Waals surface area contributed by atoms with Crippen LogP contribution in [0, 0.1) is 11.6 Å². The van der Waals surface area contributed by atoms with Crippen LogP contribution in [-0.4, -0.2) is 8.07 Å². The summed E-state index contributed by atoms with van der Waals surface area (Å²) in [5.41, 5.74) is 6.30. The lowest BCUT2D eigenvalue weighted by atomic mass is 10.1. The first-order valence-electron chi connectivity index (χ1n) is 15.1. The average molecular weight is 601 g/mol. The second-order valence-corrected chi connectivity index (χ2v) is 15.0. The Hall–Kier alpha value is -5.38. The van der Waals surface area contributed by atoms with E-state index >= 15 is 4.39 Å². The molecule has 0 aromatic heterocycles. The Kier molecular flexibility index (Phi) is 7.77. The van der Waals surface area contributed by atoms with Crippen molar-refractivity contribution in [2.45, 2.75) is 0 Å². The normalized spacial score (nSPS) is 11.3. The van der Waals surface area contributed by atoms with Gasteiger partial charge in [0.15, 0.2) is 8.07 Å². The summed E-state index contributed by atoms with van der Waals surface area (Å²) in [4.78, 5) is 0. The minimum Gasteiger partial charge on any atom is -0.207 e. The van der Waals surface area contributed by atoms with Gasteiger partial charge in [-0.3, -0.25) is 0 Å². The van der Waals surface area contributed by atoms with Gasteiger partial charge in [0.2, 0.25) is 0 Å². The molecule has 0 amide bonds. The van der Waals surface area contributed by atoms with Gasteiger partial charge in [-0.25, -0.2) is 8.78 Å². The van der Waals surface area contributed by atoms with E-state index in [1.165, 1.54) is 12.1 Å². The van der Waals surface area contributed by atoms with Gasteiger partial charge in [-0.1, -0.05) is 158 Å². The minimum absolute atomic E-state index is 0.262. The fraction of sp³-hybridized carbons (Fsp3) is 0. The second kappa shape index (κ2) is 12.3. The first-order valence-corrected chi connectivity index (χ1v) is 17.1. The van der Waals surface area contributed by atoms with E-state index in [1.54, 1.807) is 18.2 Å². The first kappa shape index (κ1) is 28.4. The highest BCUT2D eigenvalue weighted by Crippen LogP contribution is 2.23. The predicted molar refractivity (Wildman–Crippen MR) is 186 cm³/mol. The molecule has 0 saturated heterocycles. The minimum atomic E-state index is -3.03. The van der Waals surface area contributed by atoms with Crippen LogP contribution in [-0.2, 0) is 0 Å². The van der Waals surface area contributed by atoms with E-state index in [1.807, 2.05) is 48.5 Å². The summed E-state index contributed by atoms with van der Waals surface area (Å²) in [5, 5.41) is 4.38. The third kappa shape index (κ3) is 5.55. The molecule has 7 rings (SSSR count). The van der Waals surface area contributed by atoms with Crippen LogP contribution >= 0.6 is 0 Å². The SMILES string of the molecule is Fc1cccc(-c2ccc([Si](c3ccc(-c4ccccc4)cc3)(c3ccc(-c4ccccc4)cc3)c3cccc(F)c3)cc2)c1. The van der Waals surface area contributed by atoms with Gasteiger partial charge < -0.3 is 0 Å². The van der Waals surface area contributed by atoms with Crippen LogP contribution in [0.25, 0.3) is 33.4 Å². The maximum Gasteiger partial charge on any atom is 0.179 e. The topological polar surface area (TPSA) is 0 Å². The van der Waals surface area contributed by atoms with Crippen LogP contribution in [0.5, 0.6) is 0 Å². The standard InChI is InChI=1S/C42H30F2Si/c43-37-14-7-13-36(29-37)35-21-27-41(28-22-35)45(42-16-8-15-38(44)30-42,39-23-17-33(18-24-39)31-9-3-1-4-10-31)40-25-19-34(20-26-40)32-11-5-2-6-12-32/h1-30H. The summed E-state index contributed by atoms with van der Waals surface area (Å²) < 4.78 is 29.2. The molecule has 7 aromatic carbocycles. The molecule has 0 nitrogen and oxygen atoms in total. The summed E-state index contributed by atoms with van der Waals surface area (Å²) in [7, 11) is -3.03. The van der Waals surface area contributed by atoms with Crippen LogP contribution in [0.4, 0.5) is 8.78 Å². The Morgan fingerprint density at radius 3 is 1.04 bits per heavy atom. The molecule has 7 aromatic rings. The molecule has 0 spiro atoms. The van der Waals surface area contributed by atoms with Crippen molar-refractivity contribution >= 4 is 28.8 Å². The number of halogens is 2. The van der Waals surface area contributed by atoms with E-state index in [9.17, 15) is 4.39 Å². The molecule has 0 bridgehead atoms. The Balaban J connectivity index is 1.46. The van der Waals surface area contributed by atoms with Gasteiger partial charge >= 0.3 is 0 Å². The van der Waals surface area contributed by atoms with Crippen LogP contribution in [0.15, 0.2) is 182 Å². The molecule has 0 aliphatic rings. The zero-order valence-corrected chi connectivity index (χ0v) is 25.6. The van der Waals surface area contributed by atoms with Crippen molar-refractivity contribution in [3.05, 3.63) is 194 Å². The Morgan fingerprint density at radius 1 is 0.267 bits per heavy atom. The van der Waals surface area contributed by atoms with E-state index in [2.05, 4.69) is 103 Å². The van der Waals surface area contributed by atoms with Gasteiger partial charge in [0.25, 0.3) is 0 Å². The molecule has 0 radical (unpaired) electrons. The lowest BCUT2D eigenvalue weighted by molar-refractivity contribution is 0.628. The van der Waals surface area contributed by atoms with Crippen molar-refractivity contribution in [2.24, 2.45) is 0 Å². The molecule has 0 saturated carbocycles. The van der Waals surface area contributed by atoms with Crippen molar-refractivity contribution in [3.63, 3.8) is 0 Å². The molecule has 0 heterocycles. The highest BCUT2D eigenvalue weighted by atomic mass is 28.3. The number of hydrogen-bond acceptors (Lipinski definition) is 0. The zero-order valence-electron chi connectivity index (χ0n) is 24.6. The number of hydrogen-bond donors (Lipinski definition) is 0. The van der Waals surface area contributed by atoms with E-state index in [-0.39, 0.29) is 11.6 Å². The van der Waals surface area contributed by atoms with Crippen molar-refractivity contribution < 1.29 is 8.78 Å². The summed E-state index contributed by atoms with van der Waals surface area (Å²) in [6, 6.07) is 60.3. The van der Waals surface area contributed by atoms with E-state index in [0.717, 1.165) is 54.1 Å². The smallest absolute Gasteiger partial charge is 0.179 e. The highest BCUT2D eigenvalue weighted by molar-refractivity contribution is 7.19. The Bertz CT molecular complexity index is 1950. The van der Waals surface area contributed by atoms with E-state index in [4.69, 9.17) is 0 Å². The second-order valence-electron chi connectivity index (χ2n) is 11.2. The third-order valence-corrected chi connectivity index (χ3v) is 13.4. The molecular weight excluding hydrogens is 571 g/mol. The van der Waals surface area contributed by atoms with Gasteiger partial charge in [-0.05, 0) is 78.4 Å². The van der Waals surface area contributed by atoms with Gasteiger partial charge in [0, 0.05) is 0 Å². The predicted octanol–water partition coefficient (Wildman–Crippen LogP) is 8.34. The molecule has 0 N–H and O–H groups in total.